The molecule has 30 heavy (non-hydrogen) atoms. The summed E-state index contributed by atoms with van der Waals surface area (Å²) in [5.74, 6) is 0.850. The van der Waals surface area contributed by atoms with Crippen molar-refractivity contribution in [2.75, 3.05) is 19.6 Å². The minimum absolute atomic E-state index is 0.289. The number of nitrogens with zero attached hydrogens (tertiary/aromatic N) is 1. The van der Waals surface area contributed by atoms with Crippen LogP contribution in [0.2, 0.25) is 0 Å². The molecule has 1 fully saturated rings. The lowest BCUT2D eigenvalue weighted by Gasteiger charge is -2.46. The van der Waals surface area contributed by atoms with Crippen LogP contribution >= 0.6 is 0 Å². The first-order valence-electron chi connectivity index (χ1n) is 11.4. The molecule has 5 rings (SSSR count). The predicted molar refractivity (Wildman–Crippen MR) is 118 cm³/mol. The number of fused-ring (bicyclic) bond motifs is 2. The van der Waals surface area contributed by atoms with Crippen molar-refractivity contribution in [3.05, 3.63) is 63.7 Å². The highest BCUT2D eigenvalue weighted by Crippen LogP contribution is 2.45. The van der Waals surface area contributed by atoms with Crippen LogP contribution in [0.5, 0.6) is 5.75 Å². The third kappa shape index (κ3) is 3.66. The average Bonchev–Trinajstić information content (AvgIpc) is 3.19. The van der Waals surface area contributed by atoms with Crippen molar-refractivity contribution in [2.24, 2.45) is 0 Å². The van der Waals surface area contributed by atoms with Gasteiger partial charge in [-0.05, 0) is 85.9 Å². The molecule has 4 nitrogen and oxygen atoms in total. The van der Waals surface area contributed by atoms with E-state index in [1.165, 1.54) is 35.1 Å². The van der Waals surface area contributed by atoms with Gasteiger partial charge >= 0.3 is 0 Å². The van der Waals surface area contributed by atoms with Gasteiger partial charge in [-0.25, -0.2) is 0 Å². The second kappa shape index (κ2) is 7.67. The zero-order valence-electron chi connectivity index (χ0n) is 18.2. The van der Waals surface area contributed by atoms with Gasteiger partial charge in [-0.1, -0.05) is 18.2 Å². The van der Waals surface area contributed by atoms with E-state index in [0.29, 0.717) is 13.0 Å². The number of hydrogen-bond donors (Lipinski definition) is 2. The van der Waals surface area contributed by atoms with Crippen molar-refractivity contribution in [2.45, 2.75) is 70.2 Å². The highest BCUT2D eigenvalue weighted by Gasteiger charge is 2.43. The summed E-state index contributed by atoms with van der Waals surface area (Å²) in [5, 5.41) is 21.6. The lowest BCUT2D eigenvalue weighted by Crippen LogP contribution is -2.51. The van der Waals surface area contributed by atoms with Crippen LogP contribution in [0.1, 0.15) is 71.3 Å². The highest BCUT2D eigenvalue weighted by molar-refractivity contribution is 5.45. The standard InChI is InChI=1S/C26H33NO3/c1-17-12-22-23(28)15-26(30-25(22)13-18(17)2)8-10-27(11-9-26)16-24(29)21-7-6-19-4-3-5-20(19)14-21/h6-7,12-14,23-24,28-29H,3-5,8-11,15-16H2,1-2H3. The Bertz CT molecular complexity index is 946. The van der Waals surface area contributed by atoms with E-state index >= 15 is 0 Å². The number of aliphatic hydroxyl groups excluding tert-OH is 2. The lowest BCUT2D eigenvalue weighted by molar-refractivity contribution is -0.0588. The molecule has 0 radical (unpaired) electrons. The molecular formula is C26H33NO3. The van der Waals surface area contributed by atoms with E-state index in [2.05, 4.69) is 49.1 Å². The number of likely N-dealkylation sites (tertiary alicyclic amines) is 1. The van der Waals surface area contributed by atoms with Gasteiger partial charge in [0.25, 0.3) is 0 Å². The zero-order chi connectivity index (χ0) is 20.9. The topological polar surface area (TPSA) is 52.9 Å². The SMILES string of the molecule is Cc1cc2c(cc1C)C(O)CC1(CCN(CC(O)c3ccc4c(c3)CCC4)CC1)O2. The Morgan fingerprint density at radius 2 is 1.80 bits per heavy atom. The van der Waals surface area contributed by atoms with Crippen LogP contribution in [-0.2, 0) is 12.8 Å². The van der Waals surface area contributed by atoms with Crippen LogP contribution in [0.3, 0.4) is 0 Å². The number of hydrogen-bond acceptors (Lipinski definition) is 4. The van der Waals surface area contributed by atoms with E-state index in [9.17, 15) is 10.2 Å². The van der Waals surface area contributed by atoms with Crippen LogP contribution in [-0.4, -0.2) is 40.3 Å². The molecule has 0 aromatic heterocycles. The molecule has 0 bridgehead atoms. The molecule has 2 aliphatic heterocycles. The maximum atomic E-state index is 10.8. The molecule has 0 saturated carbocycles. The van der Waals surface area contributed by atoms with Crippen LogP contribution in [0.15, 0.2) is 30.3 Å². The van der Waals surface area contributed by atoms with Gasteiger partial charge in [0.15, 0.2) is 0 Å². The molecule has 3 aliphatic rings. The van der Waals surface area contributed by atoms with Crippen molar-refractivity contribution >= 4 is 0 Å². The van der Waals surface area contributed by atoms with Gasteiger partial charge in [0.1, 0.15) is 11.4 Å². The summed E-state index contributed by atoms with van der Waals surface area (Å²) in [7, 11) is 0. The summed E-state index contributed by atoms with van der Waals surface area (Å²) < 4.78 is 6.51. The minimum Gasteiger partial charge on any atom is -0.487 e. The van der Waals surface area contributed by atoms with Gasteiger partial charge < -0.3 is 19.8 Å². The van der Waals surface area contributed by atoms with Crippen LogP contribution in [0.4, 0.5) is 0 Å². The van der Waals surface area contributed by atoms with E-state index in [4.69, 9.17) is 4.74 Å². The van der Waals surface area contributed by atoms with Crippen molar-refractivity contribution < 1.29 is 14.9 Å². The highest BCUT2D eigenvalue weighted by atomic mass is 16.5. The molecule has 2 aromatic rings. The number of piperidine rings is 1. The van der Waals surface area contributed by atoms with Crippen LogP contribution in [0.25, 0.3) is 0 Å². The van der Waals surface area contributed by atoms with Gasteiger partial charge in [-0.3, -0.25) is 0 Å². The normalized spacial score (nSPS) is 23.7. The third-order valence-electron chi connectivity index (χ3n) is 7.58. The molecular weight excluding hydrogens is 374 g/mol. The number of β-amino-alcohol motifs (C(OH)–C–C–N with tert-alkyl or cyclic N) is 1. The first-order valence-corrected chi connectivity index (χ1v) is 11.4. The van der Waals surface area contributed by atoms with Gasteiger partial charge in [0.05, 0.1) is 12.2 Å². The molecule has 1 spiro atoms. The van der Waals surface area contributed by atoms with Crippen LogP contribution < -0.4 is 4.74 Å². The summed E-state index contributed by atoms with van der Waals surface area (Å²) in [6.07, 6.45) is 5.06. The predicted octanol–water partition coefficient (Wildman–Crippen LogP) is 4.18. The molecule has 2 heterocycles. The maximum absolute atomic E-state index is 10.8. The molecule has 1 aliphatic carbocycles. The van der Waals surface area contributed by atoms with Crippen molar-refractivity contribution in [3.8, 4) is 5.75 Å². The Morgan fingerprint density at radius 1 is 1.07 bits per heavy atom. The number of rotatable bonds is 3. The third-order valence-corrected chi connectivity index (χ3v) is 7.58. The number of ether oxygens (including phenoxy) is 1. The van der Waals surface area contributed by atoms with E-state index in [1.54, 1.807) is 0 Å². The molecule has 2 atom stereocenters. The number of benzene rings is 2. The van der Waals surface area contributed by atoms with Crippen LogP contribution in [0, 0.1) is 13.8 Å². The van der Waals surface area contributed by atoms with E-state index in [0.717, 1.165) is 49.2 Å². The molecule has 2 unspecified atom stereocenters. The summed E-state index contributed by atoms with van der Waals surface area (Å²) in [6.45, 7) is 6.60. The van der Waals surface area contributed by atoms with Crippen molar-refractivity contribution in [1.82, 2.24) is 4.90 Å². The van der Waals surface area contributed by atoms with Gasteiger partial charge in [-0.15, -0.1) is 0 Å². The fourth-order valence-corrected chi connectivity index (χ4v) is 5.50. The lowest BCUT2D eigenvalue weighted by atomic mass is 9.81. The first-order chi connectivity index (χ1) is 14.4. The Kier molecular flexibility index (Phi) is 5.12. The Morgan fingerprint density at radius 3 is 2.60 bits per heavy atom. The molecule has 2 N–H and O–H groups in total. The summed E-state index contributed by atoms with van der Waals surface area (Å²) >= 11 is 0. The Hall–Kier alpha value is -1.88. The molecule has 4 heteroatoms. The van der Waals surface area contributed by atoms with Gasteiger partial charge in [0.2, 0.25) is 0 Å². The maximum Gasteiger partial charge on any atom is 0.126 e. The first kappa shape index (κ1) is 20.0. The number of aryl methyl sites for hydroxylation is 4. The summed E-state index contributed by atoms with van der Waals surface area (Å²) in [4.78, 5) is 2.34. The smallest absolute Gasteiger partial charge is 0.126 e. The largest absolute Gasteiger partial charge is 0.487 e. The molecule has 2 aromatic carbocycles. The van der Waals surface area contributed by atoms with E-state index < -0.39 is 12.2 Å². The fourth-order valence-electron chi connectivity index (χ4n) is 5.50. The Balaban J connectivity index is 1.23. The number of aliphatic hydroxyl groups is 2. The summed E-state index contributed by atoms with van der Waals surface area (Å²) in [5.41, 5.74) is 6.94. The second-order valence-electron chi connectivity index (χ2n) is 9.68. The van der Waals surface area contributed by atoms with Crippen molar-refractivity contribution in [1.29, 1.82) is 0 Å². The second-order valence-corrected chi connectivity index (χ2v) is 9.68. The fraction of sp³-hybridized carbons (Fsp3) is 0.538. The minimum atomic E-state index is -0.461. The molecule has 0 amide bonds. The van der Waals surface area contributed by atoms with E-state index in [1.807, 2.05) is 0 Å². The van der Waals surface area contributed by atoms with Gasteiger partial charge in [-0.2, -0.15) is 0 Å². The molecule has 160 valence electrons. The van der Waals surface area contributed by atoms with Crippen molar-refractivity contribution in [3.63, 3.8) is 0 Å². The molecule has 1 saturated heterocycles. The summed E-state index contributed by atoms with van der Waals surface area (Å²) in [6, 6.07) is 10.7. The monoisotopic (exact) mass is 407 g/mol. The Labute approximate surface area is 179 Å². The zero-order valence-corrected chi connectivity index (χ0v) is 18.2. The average molecular weight is 408 g/mol. The quantitative estimate of drug-likeness (QED) is 0.802. The van der Waals surface area contributed by atoms with E-state index in [-0.39, 0.29) is 5.60 Å². The van der Waals surface area contributed by atoms with Gasteiger partial charge in [0, 0.05) is 31.6 Å².